The second kappa shape index (κ2) is 9.19. The summed E-state index contributed by atoms with van der Waals surface area (Å²) in [6.45, 7) is 0. The molecule has 0 aromatic heterocycles. The molecule has 0 amide bonds. The second-order valence-electron chi connectivity index (χ2n) is 0.231. The normalized spacial score (nSPS) is 7.00. The standard InChI is InChI=1S/CH3.H2O3S.Zn/c;1-4(2)3;/h1H3;(H2,1,2,3);. The van der Waals surface area contributed by atoms with Gasteiger partial charge < -0.3 is 0 Å². The maximum absolute atomic E-state index is 8.67. The Morgan fingerprint density at radius 2 is 1.50 bits per heavy atom. The van der Waals surface area contributed by atoms with Crippen molar-refractivity contribution in [2.24, 2.45) is 0 Å². The quantitative estimate of drug-likeness (QED) is 0.397. The molecule has 0 unspecified atom stereocenters. The van der Waals surface area contributed by atoms with Crippen molar-refractivity contribution in [2.75, 3.05) is 0 Å². The zero-order valence-corrected chi connectivity index (χ0v) is 7.20. The summed E-state index contributed by atoms with van der Waals surface area (Å²) in [5, 5.41) is 0. The van der Waals surface area contributed by atoms with E-state index in [1.165, 1.54) is 18.3 Å². The monoisotopic (exact) mass is 161 g/mol. The number of rotatable bonds is 0. The summed E-state index contributed by atoms with van der Waals surface area (Å²) in [7, 11) is 0. The van der Waals surface area contributed by atoms with Gasteiger partial charge in [0.2, 0.25) is 0 Å². The van der Waals surface area contributed by atoms with Crippen LogP contribution in [0.2, 0.25) is 5.52 Å². The molecule has 0 aliphatic heterocycles. The van der Waals surface area contributed by atoms with Crippen LogP contribution in [-0.4, -0.2) is 13.3 Å². The van der Waals surface area contributed by atoms with E-state index in [-0.39, 0.29) is 0 Å². The minimum atomic E-state index is -2.61. The molecule has 6 heavy (non-hydrogen) atoms. The molecule has 0 radical (unpaired) electrons. The van der Waals surface area contributed by atoms with Crippen molar-refractivity contribution in [3.05, 3.63) is 0 Å². The molecular weight excluding hydrogens is 157 g/mol. The van der Waals surface area contributed by atoms with Crippen molar-refractivity contribution >= 4 is 11.4 Å². The molecule has 5 heteroatoms. The first-order valence-electron chi connectivity index (χ1n) is 1.24. The van der Waals surface area contributed by atoms with Crippen LogP contribution in [-0.2, 0) is 29.7 Å². The van der Waals surface area contributed by atoms with Gasteiger partial charge in [0.25, 0.3) is 11.4 Å². The summed E-state index contributed by atoms with van der Waals surface area (Å²) < 4.78 is 22.8. The van der Waals surface area contributed by atoms with Gasteiger partial charge in [0.15, 0.2) is 0 Å². The predicted octanol–water partition coefficient (Wildman–Crippen LogP) is 0.262. The van der Waals surface area contributed by atoms with Gasteiger partial charge in [-0.2, -0.15) is 4.21 Å². The summed E-state index contributed by atoms with van der Waals surface area (Å²) >= 11 is -1.24. The van der Waals surface area contributed by atoms with E-state index in [2.05, 4.69) is 5.52 Å². The fourth-order valence-corrected chi connectivity index (χ4v) is 0. The molecule has 0 aromatic rings. The Bertz CT molecular complexity index is 33.8. The maximum atomic E-state index is 8.67. The Hall–Kier alpha value is 0.693. The van der Waals surface area contributed by atoms with Crippen LogP contribution < -0.4 is 0 Å². The predicted molar refractivity (Wildman–Crippen MR) is 19.3 cm³/mol. The van der Waals surface area contributed by atoms with Crippen LogP contribution in [0.25, 0.3) is 0 Å². The molecule has 0 fully saturated rings. The van der Waals surface area contributed by atoms with Gasteiger partial charge in [-0.05, 0) is 0 Å². The van der Waals surface area contributed by atoms with Crippen molar-refractivity contribution in [1.82, 2.24) is 0 Å². The van der Waals surface area contributed by atoms with E-state index in [9.17, 15) is 0 Å². The molecule has 0 heterocycles. The van der Waals surface area contributed by atoms with Crippen molar-refractivity contribution in [3.8, 4) is 0 Å². The first-order chi connectivity index (χ1) is 2.73. The topological polar surface area (TPSA) is 57.5 Å². The van der Waals surface area contributed by atoms with Crippen LogP contribution in [0.3, 0.4) is 0 Å². The average Bonchev–Trinajstić information content (AvgIpc) is 1.41. The van der Waals surface area contributed by atoms with E-state index in [4.69, 9.17) is 13.3 Å². The molecule has 0 aliphatic rings. The third kappa shape index (κ3) is 133. The Morgan fingerprint density at radius 3 is 1.50 bits per heavy atom. The number of hydrogen-bond donors (Lipinski definition) is 2. The summed E-state index contributed by atoms with van der Waals surface area (Å²) in [6, 6.07) is 0. The fraction of sp³-hybridized carbons (Fsp3) is 1.00. The average molecular weight is 163 g/mol. The van der Waals surface area contributed by atoms with Crippen LogP contribution >= 0.6 is 0 Å². The Kier molecular flexibility index (Phi) is 15.1. The van der Waals surface area contributed by atoms with Crippen molar-refractivity contribution in [3.63, 3.8) is 0 Å². The van der Waals surface area contributed by atoms with Crippen LogP contribution in [0.15, 0.2) is 0 Å². The van der Waals surface area contributed by atoms with Gasteiger partial charge in [0.05, 0.1) is 0 Å². The molecule has 3 nitrogen and oxygen atoms in total. The fourth-order valence-electron chi connectivity index (χ4n) is 0. The summed E-state index contributed by atoms with van der Waals surface area (Å²) in [6.07, 6.45) is 0. The molecule has 0 saturated heterocycles. The van der Waals surface area contributed by atoms with E-state index < -0.39 is 11.4 Å². The molecule has 0 spiro atoms. The molecule has 0 aromatic carbocycles. The van der Waals surface area contributed by atoms with E-state index in [1.54, 1.807) is 0 Å². The third-order valence-electron chi connectivity index (χ3n) is 0. The van der Waals surface area contributed by atoms with Gasteiger partial charge in [0, 0.05) is 0 Å². The van der Waals surface area contributed by atoms with Crippen LogP contribution in [0.5, 0.6) is 0 Å². The zero-order chi connectivity index (χ0) is 5.58. The van der Waals surface area contributed by atoms with E-state index >= 15 is 0 Å². The second-order valence-corrected chi connectivity index (χ2v) is 0.692. The molecule has 0 saturated carbocycles. The van der Waals surface area contributed by atoms with Gasteiger partial charge in [-0.15, -0.1) is 0 Å². The Balaban J connectivity index is 0. The molecule has 0 bridgehead atoms. The molecule has 0 rings (SSSR count). The first kappa shape index (κ1) is 9.85. The SMILES string of the molecule is O=S(O)O.[CH3][Zn]. The minimum absolute atomic E-state index is 1.38. The van der Waals surface area contributed by atoms with E-state index in [0.717, 1.165) is 0 Å². The zero-order valence-electron chi connectivity index (χ0n) is 3.42. The van der Waals surface area contributed by atoms with Gasteiger partial charge >= 0.3 is 23.8 Å². The third-order valence-corrected chi connectivity index (χ3v) is 0. The van der Waals surface area contributed by atoms with Crippen molar-refractivity contribution in [1.29, 1.82) is 0 Å². The summed E-state index contributed by atoms with van der Waals surface area (Å²) in [5.74, 6) is 0. The van der Waals surface area contributed by atoms with E-state index in [1.807, 2.05) is 0 Å². The molecule has 0 aliphatic carbocycles. The first-order valence-corrected chi connectivity index (χ1v) is 5.27. The van der Waals surface area contributed by atoms with Crippen molar-refractivity contribution < 1.29 is 31.6 Å². The van der Waals surface area contributed by atoms with Crippen LogP contribution in [0, 0.1) is 0 Å². The van der Waals surface area contributed by atoms with E-state index in [0.29, 0.717) is 0 Å². The van der Waals surface area contributed by atoms with Gasteiger partial charge in [-0.1, -0.05) is 0 Å². The summed E-state index contributed by atoms with van der Waals surface area (Å²) in [5.41, 5.74) is 2.12. The molecule has 2 N–H and O–H groups in total. The molecular formula is CH5O3SZn. The van der Waals surface area contributed by atoms with Gasteiger partial charge in [0.1, 0.15) is 0 Å². The van der Waals surface area contributed by atoms with Gasteiger partial charge in [-0.25, -0.2) is 0 Å². The van der Waals surface area contributed by atoms with Crippen LogP contribution in [0.4, 0.5) is 0 Å². The molecule has 0 atom stereocenters. The molecule has 35 valence electrons. The van der Waals surface area contributed by atoms with Gasteiger partial charge in [-0.3, -0.25) is 9.11 Å². The van der Waals surface area contributed by atoms with Crippen molar-refractivity contribution in [2.45, 2.75) is 5.52 Å². The number of hydrogen-bond acceptors (Lipinski definition) is 1. The summed E-state index contributed by atoms with van der Waals surface area (Å²) in [4.78, 5) is 0. The Morgan fingerprint density at radius 1 is 1.50 bits per heavy atom. The van der Waals surface area contributed by atoms with Crippen LogP contribution in [0.1, 0.15) is 0 Å². The Labute approximate surface area is 48.9 Å².